The van der Waals surface area contributed by atoms with Gasteiger partial charge >= 0.3 is 0 Å². The molecule has 2 aliphatic heterocycles. The van der Waals surface area contributed by atoms with Gasteiger partial charge in [0.1, 0.15) is 0 Å². The fraction of sp³-hybridized carbons (Fsp3) is 0.517. The molecule has 2 fully saturated rings. The molecule has 3 heteroatoms. The average molecular weight is 432 g/mol. The predicted molar refractivity (Wildman–Crippen MR) is 137 cm³/mol. The van der Waals surface area contributed by atoms with Gasteiger partial charge < -0.3 is 15.1 Å². The SMILES string of the molecule is CC(CN1CCC(=Cc2ccccc2CNCCC2CCCN2C)CC1)c1ccccc1. The number of benzene rings is 2. The molecule has 2 unspecified atom stereocenters. The highest BCUT2D eigenvalue weighted by molar-refractivity contribution is 5.57. The molecule has 32 heavy (non-hydrogen) atoms. The highest BCUT2D eigenvalue weighted by atomic mass is 15.1. The molecule has 1 N–H and O–H groups in total. The van der Waals surface area contributed by atoms with E-state index in [4.69, 9.17) is 0 Å². The van der Waals surface area contributed by atoms with Crippen molar-refractivity contribution in [3.05, 3.63) is 76.9 Å². The van der Waals surface area contributed by atoms with Crippen LogP contribution in [-0.4, -0.2) is 55.6 Å². The number of piperidine rings is 1. The first-order valence-corrected chi connectivity index (χ1v) is 12.6. The Kier molecular flexibility index (Phi) is 8.55. The predicted octanol–water partition coefficient (Wildman–Crippen LogP) is 5.54. The second-order valence-corrected chi connectivity index (χ2v) is 9.86. The summed E-state index contributed by atoms with van der Waals surface area (Å²) in [6.45, 7) is 9.22. The zero-order valence-electron chi connectivity index (χ0n) is 20.1. The van der Waals surface area contributed by atoms with Crippen LogP contribution in [-0.2, 0) is 6.54 Å². The van der Waals surface area contributed by atoms with Gasteiger partial charge in [0.2, 0.25) is 0 Å². The van der Waals surface area contributed by atoms with Crippen LogP contribution in [0.2, 0.25) is 0 Å². The summed E-state index contributed by atoms with van der Waals surface area (Å²) >= 11 is 0. The van der Waals surface area contributed by atoms with E-state index in [9.17, 15) is 0 Å². The van der Waals surface area contributed by atoms with Gasteiger partial charge in [-0.2, -0.15) is 0 Å². The Bertz CT molecular complexity index is 850. The molecule has 3 nitrogen and oxygen atoms in total. The normalized spacial score (nSPS) is 21.1. The standard InChI is InChI=1S/C29H41N3/c1-24(26-9-4-3-5-10-26)23-32-19-15-25(16-20-32)21-27-11-6-7-12-28(27)22-30-17-14-29-13-8-18-31(29)2/h3-7,9-12,21,24,29-30H,8,13-20,22-23H2,1-2H3. The molecule has 172 valence electrons. The van der Waals surface area contributed by atoms with Crippen molar-refractivity contribution in [2.24, 2.45) is 0 Å². The van der Waals surface area contributed by atoms with Gasteiger partial charge in [-0.3, -0.25) is 0 Å². The lowest BCUT2D eigenvalue weighted by Gasteiger charge is -2.31. The largest absolute Gasteiger partial charge is 0.313 e. The summed E-state index contributed by atoms with van der Waals surface area (Å²) in [4.78, 5) is 5.16. The van der Waals surface area contributed by atoms with Gasteiger partial charge in [0, 0.05) is 32.2 Å². The van der Waals surface area contributed by atoms with E-state index < -0.39 is 0 Å². The Balaban J connectivity index is 1.25. The van der Waals surface area contributed by atoms with E-state index in [0.717, 1.165) is 25.7 Å². The lowest BCUT2D eigenvalue weighted by Crippen LogP contribution is -2.33. The highest BCUT2D eigenvalue weighted by Gasteiger charge is 2.20. The minimum Gasteiger partial charge on any atom is -0.313 e. The van der Waals surface area contributed by atoms with E-state index >= 15 is 0 Å². The summed E-state index contributed by atoms with van der Waals surface area (Å²) in [5.74, 6) is 0.595. The molecule has 0 aliphatic carbocycles. The van der Waals surface area contributed by atoms with E-state index in [1.54, 1.807) is 5.57 Å². The average Bonchev–Trinajstić information content (AvgIpc) is 3.24. The Morgan fingerprint density at radius 2 is 1.75 bits per heavy atom. The third-order valence-electron chi connectivity index (χ3n) is 7.45. The minimum absolute atomic E-state index is 0.595. The van der Waals surface area contributed by atoms with Crippen LogP contribution in [0.15, 0.2) is 60.2 Å². The van der Waals surface area contributed by atoms with Crippen molar-refractivity contribution in [2.45, 2.75) is 57.5 Å². The molecular weight excluding hydrogens is 390 g/mol. The number of likely N-dealkylation sites (tertiary alicyclic amines) is 2. The van der Waals surface area contributed by atoms with Crippen molar-refractivity contribution in [3.8, 4) is 0 Å². The van der Waals surface area contributed by atoms with E-state index in [1.165, 1.54) is 68.4 Å². The third kappa shape index (κ3) is 6.54. The summed E-state index contributed by atoms with van der Waals surface area (Å²) in [6, 6.07) is 20.6. The second kappa shape index (κ2) is 11.8. The van der Waals surface area contributed by atoms with E-state index in [2.05, 4.69) is 89.8 Å². The number of nitrogens with one attached hydrogen (secondary N) is 1. The third-order valence-corrected chi connectivity index (χ3v) is 7.45. The molecule has 0 bridgehead atoms. The molecule has 0 aromatic heterocycles. The molecule has 2 heterocycles. The topological polar surface area (TPSA) is 18.5 Å². The van der Waals surface area contributed by atoms with Crippen LogP contribution in [0.1, 0.15) is 61.6 Å². The van der Waals surface area contributed by atoms with E-state index in [1.807, 2.05) is 0 Å². The van der Waals surface area contributed by atoms with Crippen molar-refractivity contribution < 1.29 is 0 Å². The van der Waals surface area contributed by atoms with Crippen LogP contribution in [0.4, 0.5) is 0 Å². The number of hydrogen-bond acceptors (Lipinski definition) is 3. The maximum atomic E-state index is 3.71. The van der Waals surface area contributed by atoms with Crippen LogP contribution in [0.3, 0.4) is 0 Å². The lowest BCUT2D eigenvalue weighted by atomic mass is 9.96. The molecule has 2 aromatic rings. The molecule has 2 saturated heterocycles. The molecule has 2 atom stereocenters. The van der Waals surface area contributed by atoms with Crippen LogP contribution >= 0.6 is 0 Å². The molecule has 4 rings (SSSR count). The molecule has 2 aromatic carbocycles. The number of nitrogens with zero attached hydrogens (tertiary/aromatic N) is 2. The van der Waals surface area contributed by atoms with Crippen molar-refractivity contribution in [1.82, 2.24) is 15.1 Å². The van der Waals surface area contributed by atoms with Crippen LogP contribution < -0.4 is 5.32 Å². The van der Waals surface area contributed by atoms with Gasteiger partial charge in [-0.25, -0.2) is 0 Å². The molecular formula is C29H41N3. The van der Waals surface area contributed by atoms with Gasteiger partial charge in [-0.1, -0.05) is 73.2 Å². The molecule has 0 radical (unpaired) electrons. The van der Waals surface area contributed by atoms with Gasteiger partial charge in [-0.05, 0) is 74.8 Å². The van der Waals surface area contributed by atoms with Gasteiger partial charge in [0.25, 0.3) is 0 Å². The highest BCUT2D eigenvalue weighted by Crippen LogP contribution is 2.24. The first kappa shape index (κ1) is 23.2. The second-order valence-electron chi connectivity index (χ2n) is 9.86. The Hall–Kier alpha value is -1.94. The monoisotopic (exact) mass is 431 g/mol. The Morgan fingerprint density at radius 1 is 1.00 bits per heavy atom. The molecule has 0 amide bonds. The van der Waals surface area contributed by atoms with Crippen molar-refractivity contribution in [2.75, 3.05) is 39.8 Å². The molecule has 0 saturated carbocycles. The summed E-state index contributed by atoms with van der Waals surface area (Å²) in [5.41, 5.74) is 5.89. The lowest BCUT2D eigenvalue weighted by molar-refractivity contribution is 0.245. The summed E-state index contributed by atoms with van der Waals surface area (Å²) < 4.78 is 0. The van der Waals surface area contributed by atoms with Gasteiger partial charge in [-0.15, -0.1) is 0 Å². The fourth-order valence-corrected chi connectivity index (χ4v) is 5.33. The van der Waals surface area contributed by atoms with Gasteiger partial charge in [0.05, 0.1) is 0 Å². The van der Waals surface area contributed by atoms with Crippen LogP contribution in [0.5, 0.6) is 0 Å². The first-order chi connectivity index (χ1) is 15.7. The zero-order chi connectivity index (χ0) is 22.2. The molecule has 0 spiro atoms. The summed E-state index contributed by atoms with van der Waals surface area (Å²) in [6.07, 6.45) is 8.84. The van der Waals surface area contributed by atoms with Gasteiger partial charge in [0.15, 0.2) is 0 Å². The first-order valence-electron chi connectivity index (χ1n) is 12.6. The smallest absolute Gasteiger partial charge is 0.0211 e. The summed E-state index contributed by atoms with van der Waals surface area (Å²) in [7, 11) is 2.27. The quantitative estimate of drug-likeness (QED) is 0.526. The number of hydrogen-bond donors (Lipinski definition) is 1. The van der Waals surface area contributed by atoms with Crippen molar-refractivity contribution in [3.63, 3.8) is 0 Å². The number of rotatable bonds is 9. The maximum Gasteiger partial charge on any atom is 0.0211 e. The maximum absolute atomic E-state index is 3.71. The Morgan fingerprint density at radius 3 is 2.50 bits per heavy atom. The van der Waals surface area contributed by atoms with Crippen molar-refractivity contribution in [1.29, 1.82) is 0 Å². The van der Waals surface area contributed by atoms with E-state index in [0.29, 0.717) is 5.92 Å². The summed E-state index contributed by atoms with van der Waals surface area (Å²) in [5, 5.41) is 3.71. The zero-order valence-corrected chi connectivity index (χ0v) is 20.1. The fourth-order valence-electron chi connectivity index (χ4n) is 5.33. The minimum atomic E-state index is 0.595. The van der Waals surface area contributed by atoms with Crippen molar-refractivity contribution >= 4 is 6.08 Å². The van der Waals surface area contributed by atoms with E-state index in [-0.39, 0.29) is 0 Å². The Labute approximate surface area is 195 Å². The molecule has 2 aliphatic rings. The van der Waals surface area contributed by atoms with Crippen LogP contribution in [0, 0.1) is 0 Å². The van der Waals surface area contributed by atoms with Crippen LogP contribution in [0.25, 0.3) is 6.08 Å².